The fourth-order valence-electron chi connectivity index (χ4n) is 2.78. The minimum absolute atomic E-state index is 0.210. The highest BCUT2D eigenvalue weighted by molar-refractivity contribution is 6.21. The van der Waals surface area contributed by atoms with Crippen LogP contribution in [-0.4, -0.2) is 30.5 Å². The molecule has 0 radical (unpaired) electrons. The summed E-state index contributed by atoms with van der Waals surface area (Å²) in [5, 5.41) is 0.210. The lowest BCUT2D eigenvalue weighted by atomic mass is 9.93. The molecule has 2 atom stereocenters. The Bertz CT molecular complexity index is 427. The van der Waals surface area contributed by atoms with Crippen molar-refractivity contribution in [1.82, 2.24) is 4.90 Å². The Kier molecular flexibility index (Phi) is 5.06. The number of benzene rings is 1. The molecule has 2 rings (SSSR count). The smallest absolute Gasteiger partial charge is 0.165 e. The number of hydrogen-bond acceptors (Lipinski definition) is 2. The molecule has 1 aliphatic carbocycles. The van der Waals surface area contributed by atoms with Crippen molar-refractivity contribution in [3.8, 4) is 5.75 Å². The number of hydrogen-bond donors (Lipinski definition) is 0. The van der Waals surface area contributed by atoms with Crippen molar-refractivity contribution in [3.63, 3.8) is 0 Å². The summed E-state index contributed by atoms with van der Waals surface area (Å²) in [4.78, 5) is 2.23. The molecule has 0 heterocycles. The van der Waals surface area contributed by atoms with Crippen molar-refractivity contribution in [2.45, 2.75) is 43.6 Å². The fraction of sp³-hybridized carbons (Fsp3) is 0.600. The summed E-state index contributed by atoms with van der Waals surface area (Å²) in [7, 11) is 3.54. The first-order chi connectivity index (χ1) is 9.11. The van der Waals surface area contributed by atoms with Crippen LogP contribution in [0.3, 0.4) is 0 Å². The molecule has 2 nitrogen and oxygen atoms in total. The quantitative estimate of drug-likeness (QED) is 0.780. The SMILES string of the molecule is COc1ccc(CN(C)C2CCCCC2Cl)cc1F. The summed E-state index contributed by atoms with van der Waals surface area (Å²) in [6.45, 7) is 0.717. The summed E-state index contributed by atoms with van der Waals surface area (Å²) in [5.41, 5.74) is 0.954. The highest BCUT2D eigenvalue weighted by Crippen LogP contribution is 2.28. The number of halogens is 2. The van der Waals surface area contributed by atoms with Crippen LogP contribution in [0.2, 0.25) is 0 Å². The van der Waals surface area contributed by atoms with Crippen molar-refractivity contribution in [2.75, 3.05) is 14.2 Å². The van der Waals surface area contributed by atoms with Gasteiger partial charge in [-0.05, 0) is 37.6 Å². The molecule has 0 saturated heterocycles. The van der Waals surface area contributed by atoms with Crippen LogP contribution in [0, 0.1) is 5.82 Å². The monoisotopic (exact) mass is 285 g/mol. The predicted octanol–water partition coefficient (Wildman–Crippen LogP) is 3.82. The van der Waals surface area contributed by atoms with Crippen LogP contribution in [0.15, 0.2) is 18.2 Å². The van der Waals surface area contributed by atoms with Gasteiger partial charge < -0.3 is 4.74 Å². The van der Waals surface area contributed by atoms with Crippen LogP contribution >= 0.6 is 11.6 Å². The Hall–Kier alpha value is -0.800. The van der Waals surface area contributed by atoms with Gasteiger partial charge in [-0.2, -0.15) is 0 Å². The number of methoxy groups -OCH3 is 1. The summed E-state index contributed by atoms with van der Waals surface area (Å²) in [6, 6.07) is 5.52. The van der Waals surface area contributed by atoms with E-state index in [0.29, 0.717) is 11.8 Å². The predicted molar refractivity (Wildman–Crippen MR) is 76.3 cm³/mol. The number of nitrogens with zero attached hydrogens (tertiary/aromatic N) is 1. The van der Waals surface area contributed by atoms with E-state index in [-0.39, 0.29) is 11.2 Å². The third-order valence-corrected chi connectivity index (χ3v) is 4.37. The fourth-order valence-corrected chi connectivity index (χ4v) is 3.25. The normalized spacial score (nSPS) is 23.6. The molecular formula is C15H21ClFNO. The van der Waals surface area contributed by atoms with Gasteiger partial charge in [-0.15, -0.1) is 11.6 Å². The molecule has 4 heteroatoms. The van der Waals surface area contributed by atoms with Crippen molar-refractivity contribution in [3.05, 3.63) is 29.6 Å². The second-order valence-electron chi connectivity index (χ2n) is 5.25. The van der Waals surface area contributed by atoms with Crippen molar-refractivity contribution >= 4 is 11.6 Å². The Morgan fingerprint density at radius 2 is 2.11 bits per heavy atom. The van der Waals surface area contributed by atoms with Gasteiger partial charge in [0.25, 0.3) is 0 Å². The van der Waals surface area contributed by atoms with Gasteiger partial charge in [0.05, 0.1) is 7.11 Å². The standard InChI is InChI=1S/C15H21ClFNO/c1-18(14-6-4-3-5-12(14)16)10-11-7-8-15(19-2)13(17)9-11/h7-9,12,14H,3-6,10H2,1-2H3. The van der Waals surface area contributed by atoms with Crippen molar-refractivity contribution < 1.29 is 9.13 Å². The van der Waals surface area contributed by atoms with E-state index in [0.717, 1.165) is 24.9 Å². The summed E-state index contributed by atoms with van der Waals surface area (Å²) in [5.74, 6) is -0.0150. The maximum Gasteiger partial charge on any atom is 0.165 e. The van der Waals surface area contributed by atoms with E-state index >= 15 is 0 Å². The van der Waals surface area contributed by atoms with Gasteiger partial charge in [-0.1, -0.05) is 18.9 Å². The first kappa shape index (κ1) is 14.6. The molecule has 1 saturated carbocycles. The van der Waals surface area contributed by atoms with Gasteiger partial charge >= 0.3 is 0 Å². The van der Waals surface area contributed by atoms with E-state index < -0.39 is 0 Å². The Morgan fingerprint density at radius 1 is 1.37 bits per heavy atom. The summed E-state index contributed by atoms with van der Waals surface area (Å²) >= 11 is 6.39. The zero-order valence-electron chi connectivity index (χ0n) is 11.5. The van der Waals surface area contributed by atoms with Gasteiger partial charge in [0.15, 0.2) is 11.6 Å². The van der Waals surface area contributed by atoms with E-state index in [1.165, 1.54) is 20.0 Å². The molecule has 1 aliphatic rings. The minimum atomic E-state index is -0.306. The third kappa shape index (κ3) is 3.61. The van der Waals surface area contributed by atoms with E-state index in [1.807, 2.05) is 6.07 Å². The molecule has 1 aromatic rings. The molecule has 0 N–H and O–H groups in total. The molecule has 0 aliphatic heterocycles. The first-order valence-electron chi connectivity index (χ1n) is 6.78. The number of ether oxygens (including phenoxy) is 1. The first-order valence-corrected chi connectivity index (χ1v) is 7.22. The van der Waals surface area contributed by atoms with Gasteiger partial charge in [0, 0.05) is 18.0 Å². The molecule has 0 bridgehead atoms. The highest BCUT2D eigenvalue weighted by atomic mass is 35.5. The zero-order chi connectivity index (χ0) is 13.8. The van der Waals surface area contributed by atoms with Crippen LogP contribution in [-0.2, 0) is 6.54 Å². The second kappa shape index (κ2) is 6.58. The Balaban J connectivity index is 2.01. The van der Waals surface area contributed by atoms with Crippen LogP contribution in [0.4, 0.5) is 4.39 Å². The van der Waals surface area contributed by atoms with E-state index in [9.17, 15) is 4.39 Å². The van der Waals surface area contributed by atoms with Gasteiger partial charge in [0.1, 0.15) is 0 Å². The van der Waals surface area contributed by atoms with Gasteiger partial charge in [-0.3, -0.25) is 4.90 Å². The lowest BCUT2D eigenvalue weighted by Gasteiger charge is -2.35. The molecule has 0 amide bonds. The average Bonchev–Trinajstić information content (AvgIpc) is 2.39. The molecule has 1 fully saturated rings. The Labute approximate surface area is 119 Å². The number of alkyl halides is 1. The van der Waals surface area contributed by atoms with E-state index in [2.05, 4.69) is 11.9 Å². The van der Waals surface area contributed by atoms with Crippen LogP contribution in [0.5, 0.6) is 5.75 Å². The molecule has 0 aromatic heterocycles. The highest BCUT2D eigenvalue weighted by Gasteiger charge is 2.26. The maximum absolute atomic E-state index is 13.7. The van der Waals surface area contributed by atoms with Gasteiger partial charge in [0.2, 0.25) is 0 Å². The van der Waals surface area contributed by atoms with Crippen molar-refractivity contribution in [2.24, 2.45) is 0 Å². The Morgan fingerprint density at radius 3 is 2.74 bits per heavy atom. The molecule has 106 valence electrons. The van der Waals surface area contributed by atoms with E-state index in [1.54, 1.807) is 12.1 Å². The molecule has 0 spiro atoms. The topological polar surface area (TPSA) is 12.5 Å². The van der Waals surface area contributed by atoms with Crippen LogP contribution < -0.4 is 4.74 Å². The molecule has 1 aromatic carbocycles. The van der Waals surface area contributed by atoms with Gasteiger partial charge in [-0.25, -0.2) is 4.39 Å². The minimum Gasteiger partial charge on any atom is -0.494 e. The average molecular weight is 286 g/mol. The molecular weight excluding hydrogens is 265 g/mol. The zero-order valence-corrected chi connectivity index (χ0v) is 12.3. The summed E-state index contributed by atoms with van der Waals surface area (Å²) in [6.07, 6.45) is 4.65. The number of rotatable bonds is 4. The maximum atomic E-state index is 13.7. The molecule has 2 unspecified atom stereocenters. The summed E-state index contributed by atoms with van der Waals surface area (Å²) < 4.78 is 18.6. The lowest BCUT2D eigenvalue weighted by Crippen LogP contribution is -2.40. The third-order valence-electron chi connectivity index (χ3n) is 3.86. The lowest BCUT2D eigenvalue weighted by molar-refractivity contribution is 0.188. The second-order valence-corrected chi connectivity index (χ2v) is 5.81. The molecule has 19 heavy (non-hydrogen) atoms. The largest absolute Gasteiger partial charge is 0.494 e. The van der Waals surface area contributed by atoms with E-state index in [4.69, 9.17) is 16.3 Å². The van der Waals surface area contributed by atoms with Crippen LogP contribution in [0.25, 0.3) is 0 Å². The van der Waals surface area contributed by atoms with Crippen LogP contribution in [0.1, 0.15) is 31.2 Å². The van der Waals surface area contributed by atoms with Crippen molar-refractivity contribution in [1.29, 1.82) is 0 Å².